The molecule has 5 nitrogen and oxygen atoms in total. The van der Waals surface area contributed by atoms with Gasteiger partial charge < -0.3 is 14.7 Å². The lowest BCUT2D eigenvalue weighted by atomic mass is 9.79. The maximum Gasteiger partial charge on any atom is 0.307 e. The number of nitrogens with zero attached hydrogens (tertiary/aromatic N) is 1. The lowest BCUT2D eigenvalue weighted by molar-refractivity contribution is -0.908. The quantitative estimate of drug-likeness (QED) is 0.672. The molecule has 2 atom stereocenters. The molecule has 0 aliphatic rings. The Labute approximate surface area is 150 Å². The van der Waals surface area contributed by atoms with Gasteiger partial charge >= 0.3 is 5.97 Å². The Hall–Kier alpha value is -1.72. The van der Waals surface area contributed by atoms with Crippen molar-refractivity contribution in [3.05, 3.63) is 35.4 Å². The van der Waals surface area contributed by atoms with Gasteiger partial charge in [0.1, 0.15) is 0 Å². The molecular weight excluding hydrogens is 318 g/mol. The monoisotopic (exact) mass is 350 g/mol. The first-order valence-electron chi connectivity index (χ1n) is 8.79. The average molecular weight is 350 g/mol. The highest BCUT2D eigenvalue weighted by molar-refractivity contribution is 5.91. The molecule has 0 heterocycles. The minimum absolute atomic E-state index is 0.0890. The van der Waals surface area contributed by atoms with Gasteiger partial charge in [-0.25, -0.2) is 0 Å². The van der Waals surface area contributed by atoms with Gasteiger partial charge in [0.2, 0.25) is 0 Å². The van der Waals surface area contributed by atoms with E-state index in [0.29, 0.717) is 5.92 Å². The number of aliphatic carboxylic acids is 1. The molecule has 0 saturated carbocycles. The lowest BCUT2D eigenvalue weighted by Crippen LogP contribution is -2.57. The van der Waals surface area contributed by atoms with Crippen LogP contribution in [0, 0.1) is 5.92 Å². The summed E-state index contributed by atoms with van der Waals surface area (Å²) in [4.78, 5) is 23.9. The molecule has 0 bridgehead atoms. The van der Waals surface area contributed by atoms with E-state index in [4.69, 9.17) is 0 Å². The summed E-state index contributed by atoms with van der Waals surface area (Å²) in [5.41, 5.74) is 0.00587. The van der Waals surface area contributed by atoms with Crippen molar-refractivity contribution in [2.75, 3.05) is 21.1 Å². The molecule has 0 fully saturated rings. The van der Waals surface area contributed by atoms with Gasteiger partial charge in [0.15, 0.2) is 17.4 Å². The number of quaternary nitrogens is 1. The molecule has 1 rings (SSSR count). The number of carbonyl (C=O) groups excluding carboxylic acids is 1. The molecule has 140 valence electrons. The third-order valence-corrected chi connectivity index (χ3v) is 4.39. The topological polar surface area (TPSA) is 74.6 Å². The Kier molecular flexibility index (Phi) is 6.91. The molecule has 0 radical (unpaired) electrons. The fraction of sp³-hybridized carbons (Fsp3) is 0.600. The minimum Gasteiger partial charge on any atom is -0.481 e. The molecule has 0 aromatic heterocycles. The Morgan fingerprint density at radius 2 is 1.64 bits per heavy atom. The number of ketones is 1. The molecule has 0 saturated heterocycles. The number of carbonyl (C=O) groups is 2. The number of Topliss-reactive ketones (excluding diaryl/α,β-unsaturated/α-hetero) is 1. The molecular formula is C20H32NO4+. The highest BCUT2D eigenvalue weighted by Crippen LogP contribution is 2.38. The number of carboxylic acids is 1. The van der Waals surface area contributed by atoms with Gasteiger partial charge in [-0.05, 0) is 17.9 Å². The first-order chi connectivity index (χ1) is 11.4. The van der Waals surface area contributed by atoms with E-state index in [1.54, 1.807) is 6.92 Å². The largest absolute Gasteiger partial charge is 0.481 e. The van der Waals surface area contributed by atoms with Crippen molar-refractivity contribution in [2.24, 2.45) is 5.92 Å². The smallest absolute Gasteiger partial charge is 0.307 e. The summed E-state index contributed by atoms with van der Waals surface area (Å²) in [7, 11) is 5.59. The van der Waals surface area contributed by atoms with Crippen molar-refractivity contribution in [3.63, 3.8) is 0 Å². The molecule has 1 aromatic rings. The fourth-order valence-electron chi connectivity index (χ4n) is 3.56. The Bertz CT molecular complexity index is 601. The van der Waals surface area contributed by atoms with Gasteiger partial charge in [-0.2, -0.15) is 0 Å². The van der Waals surface area contributed by atoms with Crippen LogP contribution in [0.15, 0.2) is 24.3 Å². The SMILES string of the molecule is CCC(=O)C(O)(CC(=O)O)C(c1ccc(CC(C)C)cc1)[N+](C)(C)C. The maximum atomic E-state index is 12.5. The second-order valence-corrected chi connectivity index (χ2v) is 8.13. The number of likely N-dealkylation sites (N-methyl/N-ethyl adjacent to an activating group) is 1. The van der Waals surface area contributed by atoms with Crippen LogP contribution in [-0.2, 0) is 16.0 Å². The van der Waals surface area contributed by atoms with Crippen molar-refractivity contribution in [3.8, 4) is 0 Å². The lowest BCUT2D eigenvalue weighted by Gasteiger charge is -2.43. The van der Waals surface area contributed by atoms with E-state index >= 15 is 0 Å². The van der Waals surface area contributed by atoms with E-state index in [9.17, 15) is 19.8 Å². The zero-order valence-electron chi connectivity index (χ0n) is 16.2. The second kappa shape index (κ2) is 8.11. The highest BCUT2D eigenvalue weighted by Gasteiger charge is 2.52. The van der Waals surface area contributed by atoms with Crippen LogP contribution >= 0.6 is 0 Å². The second-order valence-electron chi connectivity index (χ2n) is 8.13. The highest BCUT2D eigenvalue weighted by atomic mass is 16.4. The van der Waals surface area contributed by atoms with Crippen LogP contribution in [0.4, 0.5) is 0 Å². The predicted octanol–water partition coefficient (Wildman–Crippen LogP) is 2.82. The zero-order chi connectivity index (χ0) is 19.4. The minimum atomic E-state index is -1.95. The van der Waals surface area contributed by atoms with E-state index in [2.05, 4.69) is 13.8 Å². The molecule has 0 spiro atoms. The van der Waals surface area contributed by atoms with Crippen LogP contribution in [-0.4, -0.2) is 53.2 Å². The number of rotatable bonds is 9. The Morgan fingerprint density at radius 3 is 2.00 bits per heavy atom. The Balaban J connectivity index is 3.40. The third kappa shape index (κ3) is 5.38. The average Bonchev–Trinajstić information content (AvgIpc) is 2.45. The normalized spacial score (nSPS) is 15.7. The van der Waals surface area contributed by atoms with Crippen molar-refractivity contribution in [1.29, 1.82) is 0 Å². The molecule has 2 unspecified atom stereocenters. The molecule has 0 aliphatic carbocycles. The first-order valence-corrected chi connectivity index (χ1v) is 8.79. The van der Waals surface area contributed by atoms with Crippen LogP contribution in [0.3, 0.4) is 0 Å². The third-order valence-electron chi connectivity index (χ3n) is 4.39. The van der Waals surface area contributed by atoms with E-state index in [1.165, 1.54) is 5.56 Å². The number of benzene rings is 1. The van der Waals surface area contributed by atoms with Gasteiger partial charge in [0.25, 0.3) is 0 Å². The summed E-state index contributed by atoms with van der Waals surface area (Å²) >= 11 is 0. The van der Waals surface area contributed by atoms with Gasteiger partial charge in [-0.3, -0.25) is 9.59 Å². The van der Waals surface area contributed by atoms with Gasteiger partial charge in [-0.15, -0.1) is 0 Å². The van der Waals surface area contributed by atoms with E-state index in [1.807, 2.05) is 45.4 Å². The van der Waals surface area contributed by atoms with Crippen LogP contribution in [0.1, 0.15) is 50.8 Å². The van der Waals surface area contributed by atoms with Gasteiger partial charge in [0, 0.05) is 12.0 Å². The van der Waals surface area contributed by atoms with E-state index in [-0.39, 0.29) is 10.9 Å². The number of hydrogen-bond donors (Lipinski definition) is 2. The molecule has 1 aromatic carbocycles. The standard InChI is InChI=1S/C20H31NO4/c1-7-17(22)20(25,13-18(23)24)19(21(4,5)6)16-10-8-15(9-11-16)12-14(2)3/h8-11,14,19,25H,7,12-13H2,1-6H3/p+1. The zero-order valence-corrected chi connectivity index (χ0v) is 16.2. The molecule has 0 amide bonds. The van der Waals surface area contributed by atoms with Crippen LogP contribution in [0.2, 0.25) is 0 Å². The first kappa shape index (κ1) is 21.3. The van der Waals surface area contributed by atoms with E-state index in [0.717, 1.165) is 12.0 Å². The van der Waals surface area contributed by atoms with Crippen LogP contribution in [0.25, 0.3) is 0 Å². The molecule has 5 heteroatoms. The molecule has 0 aliphatic heterocycles. The van der Waals surface area contributed by atoms with Gasteiger partial charge in [0.05, 0.1) is 27.6 Å². The van der Waals surface area contributed by atoms with Crippen molar-refractivity contribution in [2.45, 2.75) is 51.7 Å². The van der Waals surface area contributed by atoms with Crippen LogP contribution in [0.5, 0.6) is 0 Å². The Morgan fingerprint density at radius 1 is 1.12 bits per heavy atom. The summed E-state index contributed by atoms with van der Waals surface area (Å²) in [5, 5.41) is 20.4. The molecule has 2 N–H and O–H groups in total. The fourth-order valence-corrected chi connectivity index (χ4v) is 3.56. The molecule has 25 heavy (non-hydrogen) atoms. The van der Waals surface area contributed by atoms with Crippen molar-refractivity contribution >= 4 is 11.8 Å². The summed E-state index contributed by atoms with van der Waals surface area (Å²) in [6, 6.07) is 7.14. The number of carboxylic acid groups (broad SMARTS) is 1. The van der Waals surface area contributed by atoms with Crippen molar-refractivity contribution < 1.29 is 24.3 Å². The summed E-state index contributed by atoms with van der Waals surface area (Å²) in [5.74, 6) is -1.09. The number of aliphatic hydroxyl groups is 1. The van der Waals surface area contributed by atoms with Gasteiger partial charge in [-0.1, -0.05) is 45.0 Å². The summed E-state index contributed by atoms with van der Waals surface area (Å²) < 4.78 is 0.249. The predicted molar refractivity (Wildman–Crippen MR) is 98.3 cm³/mol. The van der Waals surface area contributed by atoms with E-state index < -0.39 is 29.8 Å². The van der Waals surface area contributed by atoms with Crippen molar-refractivity contribution in [1.82, 2.24) is 0 Å². The summed E-state index contributed by atoms with van der Waals surface area (Å²) in [6.07, 6.45) is 0.432. The maximum absolute atomic E-state index is 12.5. The summed E-state index contributed by atoms with van der Waals surface area (Å²) in [6.45, 7) is 5.94. The van der Waals surface area contributed by atoms with Crippen LogP contribution < -0.4 is 0 Å². The number of hydrogen-bond acceptors (Lipinski definition) is 3.